The lowest BCUT2D eigenvalue weighted by molar-refractivity contribution is 0.599. The predicted octanol–water partition coefficient (Wildman–Crippen LogP) is 4.58. The van der Waals surface area contributed by atoms with Crippen molar-refractivity contribution in [1.29, 1.82) is 0 Å². The molecule has 0 N–H and O–H groups in total. The van der Waals surface area contributed by atoms with Gasteiger partial charge >= 0.3 is 0 Å². The average Bonchev–Trinajstić information content (AvgIpc) is 2.12. The molecule has 0 aliphatic rings. The third kappa shape index (κ3) is 1.64. The molecule has 2 rings (SSSR count). The third-order valence-electron chi connectivity index (χ3n) is 1.69. The predicted molar refractivity (Wildman–Crippen MR) is 59.8 cm³/mol. The van der Waals surface area contributed by atoms with Gasteiger partial charge in [-0.05, 0) is 34.1 Å². The molecule has 0 saturated carbocycles. The van der Waals surface area contributed by atoms with Crippen molar-refractivity contribution in [3.63, 3.8) is 0 Å². The van der Waals surface area contributed by atoms with Crippen LogP contribution in [0.5, 0.6) is 0 Å². The molecular weight excluding hydrogens is 272 g/mol. The second kappa shape index (κ2) is 3.40. The summed E-state index contributed by atoms with van der Waals surface area (Å²) in [5.41, 5.74) is 0.748. The molecule has 2 aromatic rings. The number of fused-ring (bicyclic) bond motifs is 1. The van der Waals surface area contributed by atoms with Gasteiger partial charge in [0, 0.05) is 10.4 Å². The van der Waals surface area contributed by atoms with E-state index < -0.39 is 0 Å². The highest BCUT2D eigenvalue weighted by molar-refractivity contribution is 9.10. The highest BCUT2D eigenvalue weighted by Crippen LogP contribution is 2.25. The highest BCUT2D eigenvalue weighted by Gasteiger charge is 2.01. The van der Waals surface area contributed by atoms with Crippen molar-refractivity contribution >= 4 is 50.7 Å². The Kier molecular flexibility index (Phi) is 2.41. The topological polar surface area (TPSA) is 13.1 Å². The molecule has 0 radical (unpaired) electrons. The zero-order valence-electron chi connectivity index (χ0n) is 6.38. The van der Waals surface area contributed by atoms with Gasteiger partial charge in [0.2, 0.25) is 0 Å². The van der Waals surface area contributed by atoms with Crippen molar-refractivity contribution in [2.75, 3.05) is 0 Å². The van der Waals surface area contributed by atoms with Crippen LogP contribution in [0.2, 0.25) is 5.02 Å². The van der Waals surface area contributed by atoms with Gasteiger partial charge in [-0.15, -0.1) is 0 Å². The number of hydrogen-bond donors (Lipinski definition) is 0. The van der Waals surface area contributed by atoms with Crippen molar-refractivity contribution in [2.45, 2.75) is 0 Å². The molecule has 1 aromatic heterocycles. The Morgan fingerprint density at radius 2 is 2.15 bits per heavy atom. The SMILES string of the molecule is S=c1c(Br)coc2ccc(Cl)cc12. The van der Waals surface area contributed by atoms with Crippen LogP contribution in [0.1, 0.15) is 0 Å². The molecule has 0 unspecified atom stereocenters. The maximum Gasteiger partial charge on any atom is 0.135 e. The molecule has 0 aliphatic heterocycles. The van der Waals surface area contributed by atoms with Crippen LogP contribution in [-0.2, 0) is 0 Å². The highest BCUT2D eigenvalue weighted by atomic mass is 79.9. The average molecular weight is 276 g/mol. The summed E-state index contributed by atoms with van der Waals surface area (Å²) in [5, 5.41) is 1.52. The molecule has 0 bridgehead atoms. The summed E-state index contributed by atoms with van der Waals surface area (Å²) in [4.78, 5) is 0. The zero-order valence-corrected chi connectivity index (χ0v) is 9.54. The Hall–Kier alpha value is -0.380. The third-order valence-corrected chi connectivity index (χ3v) is 3.21. The van der Waals surface area contributed by atoms with E-state index in [2.05, 4.69) is 15.9 Å². The van der Waals surface area contributed by atoms with Gasteiger partial charge in [-0.3, -0.25) is 0 Å². The summed E-state index contributed by atoms with van der Waals surface area (Å²) in [7, 11) is 0. The first kappa shape index (κ1) is 9.19. The van der Waals surface area contributed by atoms with E-state index >= 15 is 0 Å². The van der Waals surface area contributed by atoms with E-state index in [1.54, 1.807) is 24.5 Å². The Bertz CT molecular complexity index is 515. The lowest BCUT2D eigenvalue weighted by atomic mass is 10.2. The summed E-state index contributed by atoms with van der Waals surface area (Å²) in [6, 6.07) is 5.38. The first-order chi connectivity index (χ1) is 6.18. The molecule has 1 heterocycles. The molecule has 4 heteroatoms. The minimum Gasteiger partial charge on any atom is -0.463 e. The second-order valence-electron chi connectivity index (χ2n) is 2.55. The van der Waals surface area contributed by atoms with E-state index in [-0.39, 0.29) is 0 Å². The molecule has 0 spiro atoms. The van der Waals surface area contributed by atoms with Gasteiger partial charge < -0.3 is 4.42 Å². The largest absolute Gasteiger partial charge is 0.463 e. The number of benzene rings is 1. The number of hydrogen-bond acceptors (Lipinski definition) is 2. The van der Waals surface area contributed by atoms with Gasteiger partial charge in [-0.25, -0.2) is 0 Å². The van der Waals surface area contributed by atoms with Crippen LogP contribution < -0.4 is 0 Å². The lowest BCUT2D eigenvalue weighted by Crippen LogP contribution is -1.75. The van der Waals surface area contributed by atoms with Crippen LogP contribution in [0.25, 0.3) is 11.0 Å². The van der Waals surface area contributed by atoms with Crippen LogP contribution in [0, 0.1) is 4.51 Å². The lowest BCUT2D eigenvalue weighted by Gasteiger charge is -1.98. The van der Waals surface area contributed by atoms with Gasteiger partial charge in [-0.2, -0.15) is 0 Å². The molecule has 0 aliphatic carbocycles. The first-order valence-electron chi connectivity index (χ1n) is 3.55. The van der Waals surface area contributed by atoms with Crippen molar-refractivity contribution < 1.29 is 4.42 Å². The van der Waals surface area contributed by atoms with E-state index in [0.29, 0.717) is 5.02 Å². The van der Waals surface area contributed by atoms with Crippen LogP contribution in [-0.4, -0.2) is 0 Å². The normalized spacial score (nSPS) is 10.6. The Morgan fingerprint density at radius 3 is 2.92 bits per heavy atom. The monoisotopic (exact) mass is 274 g/mol. The maximum atomic E-state index is 5.84. The molecule has 0 atom stereocenters. The summed E-state index contributed by atoms with van der Waals surface area (Å²) in [6.45, 7) is 0. The van der Waals surface area contributed by atoms with Gasteiger partial charge in [0.1, 0.15) is 11.8 Å². The standard InChI is InChI=1S/C9H4BrClOS/c10-7-4-12-8-2-1-5(11)3-6(8)9(7)13/h1-4H. The van der Waals surface area contributed by atoms with Gasteiger partial charge in [0.15, 0.2) is 0 Å². The molecule has 0 fully saturated rings. The Balaban J connectivity index is 2.97. The summed E-state index contributed by atoms with van der Waals surface area (Å²) < 4.78 is 6.81. The van der Waals surface area contributed by atoms with Crippen LogP contribution in [0.4, 0.5) is 0 Å². The van der Waals surface area contributed by atoms with E-state index in [0.717, 1.165) is 20.0 Å². The van der Waals surface area contributed by atoms with E-state index in [4.69, 9.17) is 28.2 Å². The summed E-state index contributed by atoms with van der Waals surface area (Å²) in [6.07, 6.45) is 1.58. The maximum absolute atomic E-state index is 5.84. The molecule has 1 nitrogen and oxygen atoms in total. The van der Waals surface area contributed by atoms with E-state index in [9.17, 15) is 0 Å². The molecule has 13 heavy (non-hydrogen) atoms. The summed E-state index contributed by atoms with van der Waals surface area (Å²) in [5.74, 6) is 0. The molecular formula is C9H4BrClOS. The fourth-order valence-electron chi connectivity index (χ4n) is 1.08. The molecule has 66 valence electrons. The smallest absolute Gasteiger partial charge is 0.135 e. The fraction of sp³-hybridized carbons (Fsp3) is 0. The van der Waals surface area contributed by atoms with Gasteiger partial charge in [-0.1, -0.05) is 23.8 Å². The zero-order chi connectivity index (χ0) is 9.42. The van der Waals surface area contributed by atoms with Crippen molar-refractivity contribution in [2.24, 2.45) is 0 Å². The Morgan fingerprint density at radius 1 is 1.38 bits per heavy atom. The van der Waals surface area contributed by atoms with Gasteiger partial charge in [0.05, 0.1) is 8.98 Å². The number of rotatable bonds is 0. The molecule has 1 aromatic carbocycles. The fourth-order valence-corrected chi connectivity index (χ4v) is 1.77. The quantitative estimate of drug-likeness (QED) is 0.653. The van der Waals surface area contributed by atoms with Crippen LogP contribution in [0.15, 0.2) is 33.4 Å². The second-order valence-corrected chi connectivity index (χ2v) is 4.25. The Labute approximate surface area is 93.4 Å². The van der Waals surface area contributed by atoms with Gasteiger partial charge in [0.25, 0.3) is 0 Å². The van der Waals surface area contributed by atoms with Crippen molar-refractivity contribution in [1.82, 2.24) is 0 Å². The van der Waals surface area contributed by atoms with E-state index in [1.807, 2.05) is 0 Å². The van der Waals surface area contributed by atoms with E-state index in [1.165, 1.54) is 0 Å². The van der Waals surface area contributed by atoms with Crippen LogP contribution in [0.3, 0.4) is 0 Å². The summed E-state index contributed by atoms with van der Waals surface area (Å²) >= 11 is 14.3. The van der Waals surface area contributed by atoms with Crippen LogP contribution >= 0.6 is 39.7 Å². The minimum absolute atomic E-state index is 0.659. The minimum atomic E-state index is 0.659. The first-order valence-corrected chi connectivity index (χ1v) is 5.13. The van der Waals surface area contributed by atoms with Crippen molar-refractivity contribution in [3.05, 3.63) is 38.5 Å². The molecule has 0 amide bonds. The van der Waals surface area contributed by atoms with Crippen molar-refractivity contribution in [3.8, 4) is 0 Å². The molecule has 0 saturated heterocycles. The number of halogens is 2.